The molecule has 5 aromatic carbocycles. The fraction of sp³-hybridized carbons (Fsp3) is 0. The topological polar surface area (TPSA) is 0 Å². The van der Waals surface area contributed by atoms with Crippen molar-refractivity contribution in [3.05, 3.63) is 109 Å². The largest absolute Gasteiger partial charge is 0.349 e. The molecule has 28 heavy (non-hydrogen) atoms. The molecule has 0 saturated heterocycles. The Hall–Kier alpha value is -1.17. The Morgan fingerprint density at radius 3 is 1.43 bits per heavy atom. The first kappa shape index (κ1) is 21.5. The predicted molar refractivity (Wildman–Crippen MR) is 108 cm³/mol. The van der Waals surface area contributed by atoms with E-state index in [0.717, 1.165) is 33.0 Å². The average Bonchev–Trinajstić information content (AvgIpc) is 2.73. The van der Waals surface area contributed by atoms with Gasteiger partial charge in [-0.2, -0.15) is 5.56 Å². The molecule has 0 N–H and O–H groups in total. The summed E-state index contributed by atoms with van der Waals surface area (Å²) in [6.45, 7) is 0. The van der Waals surface area contributed by atoms with Crippen molar-refractivity contribution in [3.63, 3.8) is 0 Å². The van der Waals surface area contributed by atoms with Gasteiger partial charge in [-0.1, -0.05) is 47.2 Å². The summed E-state index contributed by atoms with van der Waals surface area (Å²) >= 11 is 0. The van der Waals surface area contributed by atoms with Gasteiger partial charge in [0.15, 0.2) is 0 Å². The van der Waals surface area contributed by atoms with Gasteiger partial charge in [0, 0.05) is 65.4 Å². The van der Waals surface area contributed by atoms with Crippen LogP contribution in [0.1, 0.15) is 0 Å². The molecule has 0 aliphatic carbocycles. The van der Waals surface area contributed by atoms with Crippen LogP contribution in [0.25, 0.3) is 43.8 Å². The third-order valence-corrected chi connectivity index (χ3v) is 4.64. The fourth-order valence-corrected chi connectivity index (χ4v) is 3.28. The summed E-state index contributed by atoms with van der Waals surface area (Å²) < 4.78 is 0. The third-order valence-electron chi connectivity index (χ3n) is 4.64. The monoisotopic (exact) mass is 504 g/mol. The molecule has 5 rings (SSSR count). The zero-order valence-electron chi connectivity index (χ0n) is 15.2. The number of hydrogen-bond donors (Lipinski definition) is 0. The number of rotatable bonds is 2. The van der Waals surface area contributed by atoms with E-state index >= 15 is 0 Å². The summed E-state index contributed by atoms with van der Waals surface area (Å²) in [6, 6.07) is 42.6. The average molecular weight is 504 g/mol. The van der Waals surface area contributed by atoms with Crippen LogP contribution in [-0.4, -0.2) is 0 Å². The van der Waals surface area contributed by atoms with Gasteiger partial charge in [-0.05, 0) is 0 Å². The first-order valence-corrected chi connectivity index (χ1v) is 8.63. The molecule has 2 heteroatoms. The Morgan fingerprint density at radius 1 is 0.464 bits per heavy atom. The summed E-state index contributed by atoms with van der Waals surface area (Å²) in [5, 5.41) is 4.62. The third kappa shape index (κ3) is 4.36. The van der Waals surface area contributed by atoms with Crippen LogP contribution in [-0.2, 0) is 65.4 Å². The van der Waals surface area contributed by atoms with Crippen LogP contribution in [0.3, 0.4) is 0 Å². The molecule has 2 radical (unpaired) electrons. The molecular formula is C26H14Y2-4. The standard InChI is InChI=1S/C26H14.2Y/c1-3-8-21-16-25(14-12-19(21)6-1)23-10-5-11-24(18-23)26-15-13-20-7-2-4-9-22(20)17-26;;/h1-9,12-15,18H;;/q-4;;. The molecule has 0 aliphatic rings. The Kier molecular flexibility index (Phi) is 7.35. The van der Waals surface area contributed by atoms with E-state index in [9.17, 15) is 0 Å². The van der Waals surface area contributed by atoms with Gasteiger partial charge >= 0.3 is 0 Å². The van der Waals surface area contributed by atoms with E-state index in [1.807, 2.05) is 30.3 Å². The molecule has 128 valence electrons. The fourth-order valence-electron chi connectivity index (χ4n) is 3.28. The normalized spacial score (nSPS) is 10.3. The van der Waals surface area contributed by atoms with Crippen LogP contribution in [0, 0.1) is 24.3 Å². The van der Waals surface area contributed by atoms with Gasteiger partial charge in [0.25, 0.3) is 0 Å². The zero-order chi connectivity index (χ0) is 17.3. The zero-order valence-corrected chi connectivity index (χ0v) is 20.9. The van der Waals surface area contributed by atoms with E-state index in [2.05, 4.69) is 78.9 Å². The summed E-state index contributed by atoms with van der Waals surface area (Å²) in [5.74, 6) is 0. The van der Waals surface area contributed by atoms with Crippen LogP contribution >= 0.6 is 0 Å². The quantitative estimate of drug-likeness (QED) is 0.240. The Morgan fingerprint density at radius 2 is 0.929 bits per heavy atom. The van der Waals surface area contributed by atoms with Gasteiger partial charge < -0.3 is 17.7 Å². The second-order valence-corrected chi connectivity index (χ2v) is 6.32. The maximum absolute atomic E-state index is 3.50. The number of hydrogen-bond acceptors (Lipinski definition) is 0. The van der Waals surface area contributed by atoms with Crippen molar-refractivity contribution in [3.8, 4) is 22.3 Å². The first-order chi connectivity index (χ1) is 12.9. The van der Waals surface area contributed by atoms with E-state index in [0.29, 0.717) is 0 Å². The second-order valence-electron chi connectivity index (χ2n) is 6.32. The van der Waals surface area contributed by atoms with Gasteiger partial charge in [0.1, 0.15) is 0 Å². The molecule has 0 fully saturated rings. The molecule has 0 aromatic heterocycles. The van der Waals surface area contributed by atoms with Crippen LogP contribution in [0.15, 0.2) is 84.9 Å². The minimum Gasteiger partial charge on any atom is -0.349 e. The first-order valence-electron chi connectivity index (χ1n) is 8.63. The summed E-state index contributed by atoms with van der Waals surface area (Å²) in [4.78, 5) is 0. The molecule has 0 heterocycles. The van der Waals surface area contributed by atoms with E-state index in [4.69, 9.17) is 0 Å². The molecule has 0 nitrogen and oxygen atoms in total. The van der Waals surface area contributed by atoms with E-state index in [1.165, 1.54) is 10.8 Å². The Balaban J connectivity index is 0.00000112. The summed E-state index contributed by atoms with van der Waals surface area (Å²) in [6.07, 6.45) is 0. The van der Waals surface area contributed by atoms with Gasteiger partial charge in [-0.25, -0.2) is 12.1 Å². The van der Waals surface area contributed by atoms with Crippen LogP contribution in [0.4, 0.5) is 0 Å². The predicted octanol–water partition coefficient (Wildman–Crippen LogP) is 6.52. The molecule has 0 saturated carbocycles. The second kappa shape index (κ2) is 9.55. The minimum atomic E-state index is 0. The molecule has 0 aliphatic heterocycles. The molecule has 0 spiro atoms. The molecule has 0 amide bonds. The molecular weight excluding hydrogens is 490 g/mol. The van der Waals surface area contributed by atoms with Gasteiger partial charge in [0.05, 0.1) is 0 Å². The van der Waals surface area contributed by atoms with Crippen LogP contribution in [0.2, 0.25) is 0 Å². The Labute approximate surface area is 216 Å². The van der Waals surface area contributed by atoms with E-state index < -0.39 is 0 Å². The van der Waals surface area contributed by atoms with Crippen LogP contribution in [0.5, 0.6) is 0 Å². The van der Waals surface area contributed by atoms with Crippen molar-refractivity contribution in [2.45, 2.75) is 0 Å². The van der Waals surface area contributed by atoms with Crippen molar-refractivity contribution in [2.75, 3.05) is 0 Å². The SMILES string of the molecule is [Y].[Y].[c-]1c[c-]c(-c2[c-]c3ccccc3cc2)cc1-c1[c-]c2ccccc2cc1. The van der Waals surface area contributed by atoms with Gasteiger partial charge in [0.2, 0.25) is 0 Å². The molecule has 0 atom stereocenters. The minimum absolute atomic E-state index is 0. The summed E-state index contributed by atoms with van der Waals surface area (Å²) in [5.41, 5.74) is 4.12. The number of benzene rings is 5. The molecule has 0 unspecified atom stereocenters. The van der Waals surface area contributed by atoms with Crippen LogP contribution < -0.4 is 0 Å². The maximum Gasteiger partial charge on any atom is 0 e. The van der Waals surface area contributed by atoms with Crippen molar-refractivity contribution in [1.29, 1.82) is 0 Å². The van der Waals surface area contributed by atoms with E-state index in [-0.39, 0.29) is 65.4 Å². The van der Waals surface area contributed by atoms with Crippen molar-refractivity contribution < 1.29 is 65.4 Å². The summed E-state index contributed by atoms with van der Waals surface area (Å²) in [7, 11) is 0. The van der Waals surface area contributed by atoms with Crippen molar-refractivity contribution in [1.82, 2.24) is 0 Å². The Bertz CT molecular complexity index is 1150. The molecule has 5 aromatic rings. The smallest absolute Gasteiger partial charge is 0 e. The van der Waals surface area contributed by atoms with Gasteiger partial charge in [-0.15, -0.1) is 47.2 Å². The maximum atomic E-state index is 3.50. The van der Waals surface area contributed by atoms with Crippen molar-refractivity contribution in [2.24, 2.45) is 0 Å². The number of fused-ring (bicyclic) bond motifs is 2. The van der Waals surface area contributed by atoms with Crippen molar-refractivity contribution >= 4 is 21.5 Å². The van der Waals surface area contributed by atoms with E-state index in [1.54, 1.807) is 0 Å². The molecule has 0 bridgehead atoms. The van der Waals surface area contributed by atoms with Gasteiger partial charge in [-0.3, -0.25) is 23.3 Å².